The molecule has 600 valence electrons. The van der Waals surface area contributed by atoms with Gasteiger partial charge in [0, 0.05) is 39.3 Å². The van der Waals surface area contributed by atoms with Crippen molar-refractivity contribution in [1.29, 1.82) is 0 Å². The van der Waals surface area contributed by atoms with Gasteiger partial charge in [-0.2, -0.15) is 0 Å². The van der Waals surface area contributed by atoms with Crippen molar-refractivity contribution in [2.45, 2.75) is 277 Å². The molecule has 1 aromatic carbocycles. The summed E-state index contributed by atoms with van der Waals surface area (Å²) in [5, 5.41) is 65.3. The third-order valence-electron chi connectivity index (χ3n) is 18.1. The summed E-state index contributed by atoms with van der Waals surface area (Å²) < 4.78 is 0. The Labute approximate surface area is 625 Å². The maximum atomic E-state index is 14.5. The highest BCUT2D eigenvalue weighted by molar-refractivity contribution is 6.03. The highest BCUT2D eigenvalue weighted by Crippen LogP contribution is 2.27. The summed E-state index contributed by atoms with van der Waals surface area (Å²) in [5.41, 5.74) is -5.91. The molecule has 0 aromatic heterocycles. The van der Waals surface area contributed by atoms with Gasteiger partial charge in [-0.1, -0.05) is 71.9 Å². The first-order chi connectivity index (χ1) is 48.9. The second-order valence-electron chi connectivity index (χ2n) is 32.6. The van der Waals surface area contributed by atoms with Gasteiger partial charge in [-0.25, -0.2) is 0 Å². The Kier molecular flexibility index (Phi) is 32.1. The van der Waals surface area contributed by atoms with E-state index in [2.05, 4.69) is 69.1 Å². The number of aliphatic hydroxyl groups is 3. The molecular weight excluding hydrogens is 1390 g/mol. The van der Waals surface area contributed by atoms with Crippen molar-refractivity contribution in [2.24, 2.45) is 23.5 Å². The number of nitrogens with zero attached hydrogens (tertiary/aromatic N) is 2. The zero-order valence-electron chi connectivity index (χ0n) is 65.7. The van der Waals surface area contributed by atoms with Crippen molar-refractivity contribution in [1.82, 2.24) is 78.9 Å². The lowest BCUT2D eigenvalue weighted by Crippen LogP contribution is -2.67. The van der Waals surface area contributed by atoms with Crippen molar-refractivity contribution in [3.8, 4) is 0 Å². The van der Waals surface area contributed by atoms with Gasteiger partial charge in [-0.15, -0.1) is 0 Å². The maximum Gasteiger partial charge on any atom is 0.248 e. The van der Waals surface area contributed by atoms with Crippen molar-refractivity contribution < 1.29 is 92.0 Å². The molecule has 0 bridgehead atoms. The van der Waals surface area contributed by atoms with E-state index in [1.165, 1.54) is 104 Å². The fourth-order valence-electron chi connectivity index (χ4n) is 11.7. The second kappa shape index (κ2) is 37.4. The zero-order valence-corrected chi connectivity index (χ0v) is 65.7. The van der Waals surface area contributed by atoms with Gasteiger partial charge < -0.3 is 100.0 Å². The number of likely N-dealkylation sites (tertiary alicyclic amines) is 2. The summed E-state index contributed by atoms with van der Waals surface area (Å²) in [6, 6.07) is 0.320. The lowest BCUT2D eigenvalue weighted by molar-refractivity contribution is -0.147. The molecule has 107 heavy (non-hydrogen) atoms. The molecule has 0 radical (unpaired) electrons. The molecule has 0 spiro atoms. The van der Waals surface area contributed by atoms with Gasteiger partial charge in [0.2, 0.25) is 94.5 Å². The van der Waals surface area contributed by atoms with Crippen LogP contribution in [0, 0.1) is 17.8 Å². The topological polar surface area (TPSA) is 523 Å². The first kappa shape index (κ1) is 91.8. The average Bonchev–Trinajstić information content (AvgIpc) is 1.73. The number of primary amides is 1. The molecule has 18 N–H and O–H groups in total. The molecule has 0 saturated carbocycles. The summed E-state index contributed by atoms with van der Waals surface area (Å²) >= 11 is 0. The standard InChI is InChI=1S/C72H118N16O19/c1-37(2)29-46(77-50(94)33-74-57(99)51(38(3)4)79-60(102)67(10,11)84-63(105)70(16,17)85-61(103)69(14,15)83-58(100)52(39(5)6)75-40(7)90)54(96)80-68(12,13)62(104)86-72(20,21)65(107)87-34-43(91)31-47(87)55(97)78-45(27-28-49(73)93)53(95)81-71(18,19)64(106)88-35-44(92)32-48(88)56(98)82-66(8,9)59(101)76-42(36-89)30-41-25-23-22-24-26-41/h22-26,37-39,42-48,51-52,89,91-92H,27-36H2,1-21H3,(H2,73,93)(H,74,99)(H,75,90)(H,76,101)(H,77,94)(H,78,97)(H,79,102)(H,80,96)(H,81,95)(H,82,98)(H,83,100)(H,84,105)(H,85,103)(H,86,104). The smallest absolute Gasteiger partial charge is 0.248 e. The zero-order chi connectivity index (χ0) is 82.2. The van der Waals surface area contributed by atoms with Crippen molar-refractivity contribution in [2.75, 3.05) is 26.2 Å². The van der Waals surface area contributed by atoms with Gasteiger partial charge in [0.1, 0.15) is 75.0 Å². The molecule has 2 aliphatic heterocycles. The predicted molar refractivity (Wildman–Crippen MR) is 391 cm³/mol. The van der Waals surface area contributed by atoms with E-state index < -0.39 is 226 Å². The Balaban J connectivity index is 1.69. The van der Waals surface area contributed by atoms with Crippen molar-refractivity contribution >= 4 is 94.5 Å². The molecule has 2 aliphatic rings. The highest BCUT2D eigenvalue weighted by Gasteiger charge is 2.50. The van der Waals surface area contributed by atoms with E-state index in [1.54, 1.807) is 53.7 Å². The number of hydrogen-bond acceptors (Lipinski definition) is 19. The number of rotatable bonds is 37. The van der Waals surface area contributed by atoms with Crippen molar-refractivity contribution in [3.05, 3.63) is 35.9 Å². The minimum absolute atomic E-state index is 0.0191. The van der Waals surface area contributed by atoms with E-state index in [1.807, 2.05) is 18.2 Å². The van der Waals surface area contributed by atoms with Crippen LogP contribution in [0.1, 0.15) is 183 Å². The summed E-state index contributed by atoms with van der Waals surface area (Å²) in [5.74, 6) is -14.3. The van der Waals surface area contributed by atoms with E-state index in [-0.39, 0.29) is 44.1 Å². The number of carbonyl (C=O) groups is 16. The van der Waals surface area contributed by atoms with Crippen LogP contribution in [0.4, 0.5) is 0 Å². The fourth-order valence-corrected chi connectivity index (χ4v) is 11.7. The number of nitrogens with two attached hydrogens (primary N) is 1. The Morgan fingerprint density at radius 3 is 1.34 bits per heavy atom. The highest BCUT2D eigenvalue weighted by atomic mass is 16.3. The van der Waals surface area contributed by atoms with Gasteiger partial charge in [0.05, 0.1) is 31.4 Å². The minimum Gasteiger partial charge on any atom is -0.394 e. The molecule has 9 atom stereocenters. The number of hydrogen-bond donors (Lipinski definition) is 17. The second-order valence-corrected chi connectivity index (χ2v) is 32.6. The lowest BCUT2D eigenvalue weighted by Gasteiger charge is -2.37. The van der Waals surface area contributed by atoms with Gasteiger partial charge >= 0.3 is 0 Å². The van der Waals surface area contributed by atoms with Crippen LogP contribution in [-0.4, -0.2) is 239 Å². The molecule has 2 heterocycles. The van der Waals surface area contributed by atoms with Gasteiger partial charge in [0.25, 0.3) is 0 Å². The van der Waals surface area contributed by atoms with Crippen LogP contribution in [0.15, 0.2) is 30.3 Å². The van der Waals surface area contributed by atoms with E-state index in [4.69, 9.17) is 5.73 Å². The van der Waals surface area contributed by atoms with Crippen LogP contribution in [0.2, 0.25) is 0 Å². The van der Waals surface area contributed by atoms with Crippen LogP contribution < -0.4 is 74.9 Å². The molecule has 2 saturated heterocycles. The quantitative estimate of drug-likeness (QED) is 0.0309. The molecule has 2 fully saturated rings. The van der Waals surface area contributed by atoms with Gasteiger partial charge in [0.15, 0.2) is 0 Å². The Bertz CT molecular complexity index is 3460. The van der Waals surface area contributed by atoms with Crippen LogP contribution in [0.5, 0.6) is 0 Å². The minimum atomic E-state index is -1.90. The molecule has 35 heteroatoms. The summed E-state index contributed by atoms with van der Waals surface area (Å²) in [6.07, 6.45) is -3.73. The van der Waals surface area contributed by atoms with Crippen LogP contribution in [0.3, 0.4) is 0 Å². The molecule has 35 nitrogen and oxygen atoms in total. The molecule has 1 aromatic rings. The third-order valence-corrected chi connectivity index (χ3v) is 18.1. The molecule has 9 unspecified atom stereocenters. The molecular formula is C72H118N16O19. The normalized spacial score (nSPS) is 17.9. The number of carbonyl (C=O) groups excluding carboxylic acids is 16. The fraction of sp³-hybridized carbons (Fsp3) is 0.694. The SMILES string of the molecule is CC(=O)NC(C(=O)NC(C)(C)C(=O)NC(C)(C)C(=O)NC(C)(C)C(=O)NC(C(=O)NCC(=O)NC(CC(C)C)C(=O)NC(C)(C)C(=O)NC(C)(C)C(=O)N1CC(O)CC1C(=O)NC(CCC(N)=O)C(=O)NC(C)(C)C(=O)N1CC(O)CC1C(=O)NC(C)(C)C(=O)NC(CO)Cc1ccccc1)C(C)C)C(C)C. The number of β-amino-alcohol motifs (C(OH)–C–C–N with tert-alkyl or cyclic N) is 2. The van der Waals surface area contributed by atoms with Gasteiger partial charge in [-0.3, -0.25) is 76.7 Å². The molecule has 3 rings (SSSR count). The predicted octanol–water partition coefficient (Wildman–Crippen LogP) is -3.41. The Hall–Kier alpha value is -9.38. The van der Waals surface area contributed by atoms with Crippen LogP contribution in [0.25, 0.3) is 0 Å². The largest absolute Gasteiger partial charge is 0.394 e. The van der Waals surface area contributed by atoms with E-state index in [0.717, 1.165) is 15.4 Å². The van der Waals surface area contributed by atoms with Gasteiger partial charge in [-0.05, 0) is 140 Å². The van der Waals surface area contributed by atoms with Crippen LogP contribution in [-0.2, 0) is 83.1 Å². The summed E-state index contributed by atoms with van der Waals surface area (Å²) in [7, 11) is 0. The average molecular weight is 1510 g/mol. The van der Waals surface area contributed by atoms with Crippen molar-refractivity contribution in [3.63, 3.8) is 0 Å². The number of nitrogens with one attached hydrogen (secondary N) is 13. The number of aliphatic hydroxyl groups excluding tert-OH is 3. The van der Waals surface area contributed by atoms with E-state index >= 15 is 0 Å². The van der Waals surface area contributed by atoms with Crippen LogP contribution >= 0.6 is 0 Å². The maximum absolute atomic E-state index is 14.5. The Morgan fingerprint density at radius 2 is 0.879 bits per heavy atom. The Morgan fingerprint density at radius 1 is 0.477 bits per heavy atom. The molecule has 0 aliphatic carbocycles. The first-order valence-electron chi connectivity index (χ1n) is 35.9. The lowest BCUT2D eigenvalue weighted by atomic mass is 9.95. The molecule has 16 amide bonds. The third kappa shape index (κ3) is 26.8. The number of benzene rings is 1. The first-order valence-corrected chi connectivity index (χ1v) is 35.9. The van der Waals surface area contributed by atoms with E-state index in [9.17, 15) is 92.0 Å². The monoisotopic (exact) mass is 1510 g/mol. The summed E-state index contributed by atoms with van der Waals surface area (Å²) in [6.45, 7) is 28.3. The summed E-state index contributed by atoms with van der Waals surface area (Å²) in [4.78, 5) is 221. The van der Waals surface area contributed by atoms with E-state index in [0.29, 0.717) is 0 Å². The number of amides is 16.